The summed E-state index contributed by atoms with van der Waals surface area (Å²) >= 11 is 0. The van der Waals surface area contributed by atoms with Crippen molar-refractivity contribution in [1.82, 2.24) is 10.5 Å². The second kappa shape index (κ2) is 17.4. The maximum Gasteiger partial charge on any atom is 0.333 e. The maximum absolute atomic E-state index is 12.7. The number of pyridine rings is 1. The molecular formula is C39H46N5O12S2-. The van der Waals surface area contributed by atoms with E-state index in [0.717, 1.165) is 11.4 Å². The summed E-state index contributed by atoms with van der Waals surface area (Å²) in [4.78, 5) is 64.8. The zero-order chi connectivity index (χ0) is 42.6. The van der Waals surface area contributed by atoms with Crippen LogP contribution in [0.2, 0.25) is 0 Å². The minimum atomic E-state index is -4.72. The van der Waals surface area contributed by atoms with Crippen molar-refractivity contribution in [2.45, 2.75) is 94.9 Å². The normalized spacial score (nSPS) is 18.1. The van der Waals surface area contributed by atoms with Gasteiger partial charge in [0.2, 0.25) is 0 Å². The number of hydroxylamine groups is 3. The summed E-state index contributed by atoms with van der Waals surface area (Å²) in [6.45, 7) is 8.33. The fraction of sp³-hybridized carbons (Fsp3) is 0.436. The average molecular weight is 841 g/mol. The highest BCUT2D eigenvalue weighted by Crippen LogP contribution is 2.48. The lowest BCUT2D eigenvalue weighted by molar-refractivity contribution is -0.684. The van der Waals surface area contributed by atoms with Gasteiger partial charge in [-0.1, -0.05) is 38.5 Å². The van der Waals surface area contributed by atoms with E-state index in [2.05, 4.69) is 5.48 Å². The first kappa shape index (κ1) is 44.0. The van der Waals surface area contributed by atoms with Crippen molar-refractivity contribution in [3.8, 4) is 0 Å². The van der Waals surface area contributed by atoms with Crippen LogP contribution in [0.25, 0.3) is 0 Å². The van der Waals surface area contributed by atoms with Crippen molar-refractivity contribution in [3.05, 3.63) is 83.2 Å². The average Bonchev–Trinajstić information content (AvgIpc) is 3.67. The van der Waals surface area contributed by atoms with Crippen LogP contribution in [0.5, 0.6) is 0 Å². The van der Waals surface area contributed by atoms with Gasteiger partial charge in [0.05, 0.1) is 45.2 Å². The number of hydrogen-bond donors (Lipinski definition) is 1. The van der Waals surface area contributed by atoms with E-state index >= 15 is 0 Å². The van der Waals surface area contributed by atoms with E-state index in [1.165, 1.54) is 25.4 Å². The number of aryl methyl sites for hydroxylation is 1. The van der Waals surface area contributed by atoms with Crippen molar-refractivity contribution >= 4 is 61.1 Å². The number of imide groups is 1. The molecule has 4 heterocycles. The summed E-state index contributed by atoms with van der Waals surface area (Å²) in [6, 6.07) is 5.99. The van der Waals surface area contributed by atoms with Gasteiger partial charge in [-0.25, -0.2) is 31.7 Å². The van der Waals surface area contributed by atoms with E-state index < -0.39 is 60.5 Å². The van der Waals surface area contributed by atoms with Crippen LogP contribution in [-0.2, 0) is 61.7 Å². The molecule has 3 aliphatic rings. The van der Waals surface area contributed by atoms with Crippen LogP contribution in [0.4, 0.5) is 11.5 Å². The molecule has 1 aromatic carbocycles. The van der Waals surface area contributed by atoms with Gasteiger partial charge >= 0.3 is 11.8 Å². The molecule has 1 aromatic heterocycles. The molecule has 19 heteroatoms. The molecule has 0 bridgehead atoms. The van der Waals surface area contributed by atoms with E-state index in [1.807, 2.05) is 50.8 Å². The SMILES string of the molecule is CONC(=O)c1cc2c([n+](CCCS(=O)(=O)[O-])c1)N=C(/C=C/C=C/C=C1/N(CCCCCC(=O)ON3C(=O)CCC3=O)c3ccc(S(=O)(=O)[O-])cc3C1(C)C)C2(C)C. The number of hydrogen-bond acceptors (Lipinski definition) is 14. The summed E-state index contributed by atoms with van der Waals surface area (Å²) in [5, 5.41) is 0.525. The molecule has 1 N–H and O–H groups in total. The van der Waals surface area contributed by atoms with Crippen molar-refractivity contribution in [2.75, 3.05) is 24.3 Å². The van der Waals surface area contributed by atoms with Crippen LogP contribution in [0, 0.1) is 0 Å². The molecule has 0 unspecified atom stereocenters. The molecule has 2 aromatic rings. The fourth-order valence-corrected chi connectivity index (χ4v) is 8.13. The molecule has 0 saturated carbocycles. The summed E-state index contributed by atoms with van der Waals surface area (Å²) in [7, 11) is -7.86. The molecule has 5 rings (SSSR count). The lowest BCUT2D eigenvalue weighted by Gasteiger charge is -2.27. The molecule has 0 atom stereocenters. The number of carbonyl (C=O) groups is 4. The predicted molar refractivity (Wildman–Crippen MR) is 207 cm³/mol. The number of unbranched alkanes of at least 4 members (excludes halogenated alkanes) is 2. The Bertz CT molecular complexity index is 2330. The molecule has 3 amide bonds. The second-order valence-corrected chi connectivity index (χ2v) is 18.0. The summed E-state index contributed by atoms with van der Waals surface area (Å²) in [6.07, 6.45) is 12.3. The Kier molecular flexibility index (Phi) is 13.2. The van der Waals surface area contributed by atoms with Gasteiger partial charge in [0.15, 0.2) is 5.71 Å². The molecule has 1 saturated heterocycles. The third-order valence-corrected chi connectivity index (χ3v) is 11.9. The molecule has 17 nitrogen and oxygen atoms in total. The first-order valence-corrected chi connectivity index (χ1v) is 21.6. The molecule has 3 aliphatic heterocycles. The third-order valence-electron chi connectivity index (χ3n) is 10.2. The van der Waals surface area contributed by atoms with Gasteiger partial charge < -0.3 is 18.8 Å². The Morgan fingerprint density at radius 3 is 2.29 bits per heavy atom. The molecule has 0 spiro atoms. The minimum absolute atomic E-state index is 0.00484. The van der Waals surface area contributed by atoms with Crippen molar-refractivity contribution in [3.63, 3.8) is 0 Å². The Morgan fingerprint density at radius 2 is 1.64 bits per heavy atom. The number of aliphatic imine (C=N–C) groups is 1. The smallest absolute Gasteiger partial charge is 0.333 e. The van der Waals surface area contributed by atoms with Crippen molar-refractivity contribution in [2.24, 2.45) is 4.99 Å². The second-order valence-electron chi connectivity index (χ2n) is 15.1. The third kappa shape index (κ3) is 9.95. The first-order chi connectivity index (χ1) is 27.1. The molecule has 58 heavy (non-hydrogen) atoms. The zero-order valence-electron chi connectivity index (χ0n) is 32.8. The molecular weight excluding hydrogens is 795 g/mol. The Labute approximate surface area is 337 Å². The number of nitrogens with one attached hydrogen (secondary N) is 1. The number of allylic oxidation sites excluding steroid dienone is 6. The van der Waals surface area contributed by atoms with Crippen LogP contribution in [0.15, 0.2) is 76.4 Å². The number of benzene rings is 1. The summed E-state index contributed by atoms with van der Waals surface area (Å²) in [5.74, 6) is -2.34. The van der Waals surface area contributed by atoms with Gasteiger partial charge in [-0.05, 0) is 80.1 Å². The van der Waals surface area contributed by atoms with Crippen LogP contribution < -0.4 is 14.9 Å². The van der Waals surface area contributed by atoms with E-state index in [4.69, 9.17) is 14.7 Å². The number of carbonyl (C=O) groups excluding carboxylic acids is 4. The van der Waals surface area contributed by atoms with Gasteiger partial charge in [0, 0.05) is 48.4 Å². The fourth-order valence-electron chi connectivity index (χ4n) is 7.15. The van der Waals surface area contributed by atoms with Gasteiger partial charge in [-0.2, -0.15) is 0 Å². The Morgan fingerprint density at radius 1 is 0.931 bits per heavy atom. The maximum atomic E-state index is 12.7. The van der Waals surface area contributed by atoms with Gasteiger partial charge in [0.25, 0.3) is 17.7 Å². The highest BCUT2D eigenvalue weighted by molar-refractivity contribution is 7.86. The summed E-state index contributed by atoms with van der Waals surface area (Å²) < 4.78 is 71.3. The number of amides is 3. The first-order valence-electron chi connectivity index (χ1n) is 18.6. The number of rotatable bonds is 17. The topological polar surface area (TPSA) is 236 Å². The zero-order valence-corrected chi connectivity index (χ0v) is 34.5. The Hall–Kier alpha value is -5.08. The van der Waals surface area contributed by atoms with Crippen LogP contribution in [0.1, 0.15) is 94.1 Å². The van der Waals surface area contributed by atoms with Crippen molar-refractivity contribution < 1.29 is 59.4 Å². The quantitative estimate of drug-likeness (QED) is 0.0601. The van der Waals surface area contributed by atoms with Crippen LogP contribution in [0.3, 0.4) is 0 Å². The standard InChI is InChI=1S/C39H47N5O12S2/c1-38(2)29-23-26(37(48)41-55-5)25-42(20-12-22-57(49,50)51)36(29)40-31(38)13-8-6-9-14-32-39(3,4)28-24-27(58(52,53)54)16-17-30(28)43(32)21-11-7-10-15-35(47)56-44-33(45)18-19-34(44)46/h6,8-9,13-14,16-17,23-25H,7,10-12,15,18-22H2,1-5H3,(H2-,41,48,49,50,51,52,53,54)/p-1. The monoisotopic (exact) mass is 840 g/mol. The highest BCUT2D eigenvalue weighted by atomic mass is 32.2. The van der Waals surface area contributed by atoms with E-state index in [-0.39, 0.29) is 42.7 Å². The Balaban J connectivity index is 1.34. The highest BCUT2D eigenvalue weighted by Gasteiger charge is 2.43. The van der Waals surface area contributed by atoms with Crippen molar-refractivity contribution in [1.29, 1.82) is 0 Å². The van der Waals surface area contributed by atoms with Crippen LogP contribution in [-0.4, -0.2) is 79.8 Å². The predicted octanol–water partition coefficient (Wildman–Crippen LogP) is 3.43. The van der Waals surface area contributed by atoms with Crippen LogP contribution >= 0.6 is 0 Å². The number of anilines is 1. The number of fused-ring (bicyclic) bond motifs is 2. The lowest BCUT2D eigenvalue weighted by atomic mass is 9.81. The van der Waals surface area contributed by atoms with Gasteiger partial charge in [0.1, 0.15) is 16.3 Å². The lowest BCUT2D eigenvalue weighted by Crippen LogP contribution is -2.38. The van der Waals surface area contributed by atoms with Gasteiger partial charge in [-0.15, -0.1) is 5.06 Å². The minimum Gasteiger partial charge on any atom is -0.748 e. The number of aromatic nitrogens is 1. The van der Waals surface area contributed by atoms with E-state index in [1.54, 1.807) is 28.9 Å². The summed E-state index contributed by atoms with van der Waals surface area (Å²) in [5.41, 5.74) is 4.72. The van der Waals surface area contributed by atoms with Gasteiger partial charge in [-0.3, -0.25) is 19.2 Å². The molecule has 1 fully saturated rings. The van der Waals surface area contributed by atoms with E-state index in [9.17, 15) is 45.1 Å². The largest absolute Gasteiger partial charge is 0.748 e. The van der Waals surface area contributed by atoms with E-state index in [0.29, 0.717) is 53.5 Å². The molecule has 0 aliphatic carbocycles. The molecule has 0 radical (unpaired) electrons. The molecule has 312 valence electrons. The number of nitrogens with zero attached hydrogens (tertiary/aromatic N) is 4.